The number of rotatable bonds is 11. The van der Waals surface area contributed by atoms with E-state index < -0.39 is 6.09 Å². The lowest BCUT2D eigenvalue weighted by molar-refractivity contribution is -0.120. The summed E-state index contributed by atoms with van der Waals surface area (Å²) in [5.74, 6) is 0.723. The molecule has 36 heavy (non-hydrogen) atoms. The summed E-state index contributed by atoms with van der Waals surface area (Å²) in [5, 5.41) is 7.95. The fraction of sp³-hybridized carbons (Fsp3) is 0.276. The van der Waals surface area contributed by atoms with Crippen LogP contribution in [0.2, 0.25) is 0 Å². The van der Waals surface area contributed by atoms with Crippen LogP contribution in [-0.4, -0.2) is 29.0 Å². The van der Waals surface area contributed by atoms with Crippen molar-refractivity contribution in [3.63, 3.8) is 0 Å². The van der Waals surface area contributed by atoms with Gasteiger partial charge >= 0.3 is 6.09 Å². The van der Waals surface area contributed by atoms with E-state index in [1.165, 1.54) is 5.39 Å². The van der Waals surface area contributed by atoms with Gasteiger partial charge in [-0.15, -0.1) is 0 Å². The number of ether oxygens (including phenoxy) is 1. The predicted molar refractivity (Wildman–Crippen MR) is 141 cm³/mol. The number of imidazole rings is 1. The lowest BCUT2D eigenvalue weighted by atomic mass is 10.1. The molecule has 7 heteroatoms. The van der Waals surface area contributed by atoms with Gasteiger partial charge in [-0.2, -0.15) is 0 Å². The second-order valence-electron chi connectivity index (χ2n) is 8.78. The molecule has 1 heterocycles. The van der Waals surface area contributed by atoms with E-state index in [1.54, 1.807) is 13.2 Å². The van der Waals surface area contributed by atoms with Gasteiger partial charge in [0, 0.05) is 19.0 Å². The SMILES string of the molecule is CNC(=O)CCCCCC(NC(=O)OCc1ccccc1)c1ncc(-c2ccc3ccccc3c2)[nH]1. The van der Waals surface area contributed by atoms with Crippen molar-refractivity contribution in [1.82, 2.24) is 20.6 Å². The third kappa shape index (κ3) is 6.95. The lowest BCUT2D eigenvalue weighted by Crippen LogP contribution is -2.30. The summed E-state index contributed by atoms with van der Waals surface area (Å²) in [5.41, 5.74) is 2.85. The molecular formula is C29H32N4O3. The molecule has 0 saturated heterocycles. The minimum Gasteiger partial charge on any atom is -0.445 e. The second kappa shape index (κ2) is 12.5. The van der Waals surface area contributed by atoms with Gasteiger partial charge in [-0.3, -0.25) is 4.79 Å². The molecule has 0 aliphatic carbocycles. The van der Waals surface area contributed by atoms with Crippen LogP contribution in [0.4, 0.5) is 4.79 Å². The first-order valence-electron chi connectivity index (χ1n) is 12.3. The zero-order valence-electron chi connectivity index (χ0n) is 20.5. The van der Waals surface area contributed by atoms with Gasteiger partial charge in [0.15, 0.2) is 0 Å². The van der Waals surface area contributed by atoms with Gasteiger partial charge in [-0.25, -0.2) is 9.78 Å². The molecule has 4 aromatic rings. The largest absolute Gasteiger partial charge is 0.445 e. The number of aromatic amines is 1. The van der Waals surface area contributed by atoms with E-state index in [9.17, 15) is 9.59 Å². The molecule has 2 amide bonds. The Bertz CT molecular complexity index is 1290. The number of nitrogens with one attached hydrogen (secondary N) is 3. The van der Waals surface area contributed by atoms with Crippen molar-refractivity contribution in [1.29, 1.82) is 0 Å². The highest BCUT2D eigenvalue weighted by Crippen LogP contribution is 2.26. The number of H-pyrrole nitrogens is 1. The van der Waals surface area contributed by atoms with E-state index in [0.29, 0.717) is 18.7 Å². The summed E-state index contributed by atoms with van der Waals surface area (Å²) in [4.78, 5) is 32.1. The molecule has 0 saturated carbocycles. The van der Waals surface area contributed by atoms with Crippen LogP contribution < -0.4 is 10.6 Å². The maximum Gasteiger partial charge on any atom is 0.408 e. The monoisotopic (exact) mass is 484 g/mol. The first-order chi connectivity index (χ1) is 17.6. The van der Waals surface area contributed by atoms with Crippen molar-refractivity contribution in [3.05, 3.63) is 90.4 Å². The fourth-order valence-electron chi connectivity index (χ4n) is 4.14. The van der Waals surface area contributed by atoms with Crippen LogP contribution >= 0.6 is 0 Å². The summed E-state index contributed by atoms with van der Waals surface area (Å²) in [6.45, 7) is 0.200. The van der Waals surface area contributed by atoms with Crippen LogP contribution in [0.15, 0.2) is 79.0 Å². The van der Waals surface area contributed by atoms with Crippen LogP contribution in [0.25, 0.3) is 22.0 Å². The normalized spacial score (nSPS) is 11.7. The molecule has 1 aromatic heterocycles. The highest BCUT2D eigenvalue weighted by molar-refractivity contribution is 5.86. The number of unbranched alkanes of at least 4 members (excludes halogenated alkanes) is 2. The predicted octanol–water partition coefficient (Wildman–Crippen LogP) is 5.89. The smallest absolute Gasteiger partial charge is 0.408 e. The maximum absolute atomic E-state index is 12.6. The van der Waals surface area contributed by atoms with E-state index in [-0.39, 0.29) is 18.6 Å². The third-order valence-electron chi connectivity index (χ3n) is 6.17. The molecule has 0 spiro atoms. The van der Waals surface area contributed by atoms with Crippen LogP contribution in [0, 0.1) is 0 Å². The zero-order chi connectivity index (χ0) is 25.2. The number of benzene rings is 3. The summed E-state index contributed by atoms with van der Waals surface area (Å²) in [6, 6.07) is 23.8. The molecule has 7 nitrogen and oxygen atoms in total. The fourth-order valence-corrected chi connectivity index (χ4v) is 4.14. The number of hydrogen-bond acceptors (Lipinski definition) is 4. The Labute approximate surface area is 211 Å². The summed E-state index contributed by atoms with van der Waals surface area (Å²) in [7, 11) is 1.65. The number of alkyl carbamates (subject to hydrolysis) is 1. The molecule has 0 aliphatic heterocycles. The first-order valence-corrected chi connectivity index (χ1v) is 12.3. The van der Waals surface area contributed by atoms with E-state index >= 15 is 0 Å². The number of carbonyl (C=O) groups is 2. The first kappa shape index (κ1) is 25.0. The molecule has 0 fully saturated rings. The summed E-state index contributed by atoms with van der Waals surface area (Å²) < 4.78 is 5.45. The quantitative estimate of drug-likeness (QED) is 0.231. The Morgan fingerprint density at radius 1 is 0.944 bits per heavy atom. The highest BCUT2D eigenvalue weighted by atomic mass is 16.5. The third-order valence-corrected chi connectivity index (χ3v) is 6.17. The molecule has 4 rings (SSSR count). The second-order valence-corrected chi connectivity index (χ2v) is 8.78. The molecule has 3 N–H and O–H groups in total. The highest BCUT2D eigenvalue weighted by Gasteiger charge is 2.19. The van der Waals surface area contributed by atoms with Gasteiger partial charge in [-0.1, -0.05) is 79.6 Å². The Hall–Kier alpha value is -4.13. The van der Waals surface area contributed by atoms with Crippen LogP contribution in [0.3, 0.4) is 0 Å². The number of aromatic nitrogens is 2. The maximum atomic E-state index is 12.6. The standard InChI is InChI=1S/C29H32N4O3/c1-30-27(34)15-7-3-6-14-25(33-29(35)36-20-21-10-4-2-5-11-21)28-31-19-26(32-28)24-17-16-22-12-8-9-13-23(22)18-24/h2,4-5,8-13,16-19,25H,3,6-7,14-15,20H2,1H3,(H,30,34)(H,31,32)(H,33,35). The number of amides is 2. The van der Waals surface area contributed by atoms with Crippen molar-refractivity contribution in [2.75, 3.05) is 7.05 Å². The Kier molecular flexibility index (Phi) is 8.70. The molecule has 186 valence electrons. The molecular weight excluding hydrogens is 452 g/mol. The van der Waals surface area contributed by atoms with Crippen LogP contribution in [0.5, 0.6) is 0 Å². The number of nitrogens with zero attached hydrogens (tertiary/aromatic N) is 1. The topological polar surface area (TPSA) is 96.1 Å². The Balaban J connectivity index is 1.43. The number of hydrogen-bond donors (Lipinski definition) is 3. The van der Waals surface area contributed by atoms with Gasteiger partial charge in [0.25, 0.3) is 0 Å². The minimum atomic E-state index is -0.488. The molecule has 1 atom stereocenters. The Morgan fingerprint density at radius 3 is 2.53 bits per heavy atom. The molecule has 0 bridgehead atoms. The van der Waals surface area contributed by atoms with Gasteiger partial charge in [0.05, 0.1) is 17.9 Å². The van der Waals surface area contributed by atoms with E-state index in [4.69, 9.17) is 4.74 Å². The zero-order valence-corrected chi connectivity index (χ0v) is 20.5. The van der Waals surface area contributed by atoms with Crippen molar-refractivity contribution >= 4 is 22.8 Å². The van der Waals surface area contributed by atoms with Crippen molar-refractivity contribution in [2.24, 2.45) is 0 Å². The minimum absolute atomic E-state index is 0.0419. The summed E-state index contributed by atoms with van der Waals surface area (Å²) >= 11 is 0. The van der Waals surface area contributed by atoms with Crippen molar-refractivity contribution in [2.45, 2.75) is 44.8 Å². The van der Waals surface area contributed by atoms with Gasteiger partial charge < -0.3 is 20.4 Å². The average molecular weight is 485 g/mol. The Morgan fingerprint density at radius 2 is 1.72 bits per heavy atom. The molecule has 0 aliphatic rings. The van der Waals surface area contributed by atoms with Gasteiger partial charge in [0.1, 0.15) is 12.4 Å². The van der Waals surface area contributed by atoms with Gasteiger partial charge in [0.2, 0.25) is 5.91 Å². The van der Waals surface area contributed by atoms with Crippen molar-refractivity contribution in [3.8, 4) is 11.3 Å². The lowest BCUT2D eigenvalue weighted by Gasteiger charge is -2.17. The molecule has 3 aromatic carbocycles. The molecule has 1 unspecified atom stereocenters. The van der Waals surface area contributed by atoms with E-state index in [0.717, 1.165) is 41.5 Å². The number of fused-ring (bicyclic) bond motifs is 1. The number of carbonyl (C=O) groups excluding carboxylic acids is 2. The summed E-state index contributed by atoms with van der Waals surface area (Å²) in [6.07, 6.45) is 5.01. The molecule has 0 radical (unpaired) electrons. The van der Waals surface area contributed by atoms with E-state index in [2.05, 4.69) is 50.9 Å². The van der Waals surface area contributed by atoms with Crippen LogP contribution in [0.1, 0.15) is 49.5 Å². The average Bonchev–Trinajstić information content (AvgIpc) is 3.41. The van der Waals surface area contributed by atoms with Crippen molar-refractivity contribution < 1.29 is 14.3 Å². The van der Waals surface area contributed by atoms with Gasteiger partial charge in [-0.05, 0) is 35.2 Å². The van der Waals surface area contributed by atoms with Crippen LogP contribution in [-0.2, 0) is 16.1 Å². The van der Waals surface area contributed by atoms with E-state index in [1.807, 2.05) is 42.5 Å².